The molecule has 0 amide bonds. The van der Waals surface area contributed by atoms with Gasteiger partial charge in [0.1, 0.15) is 0 Å². The summed E-state index contributed by atoms with van der Waals surface area (Å²) < 4.78 is 0. The Balaban J connectivity index is 1.78. The fourth-order valence-corrected chi connectivity index (χ4v) is 4.16. The second kappa shape index (κ2) is 5.83. The van der Waals surface area contributed by atoms with E-state index >= 15 is 0 Å². The molecule has 6 heteroatoms. The fraction of sp³-hybridized carbons (Fsp3) is 0.154. The van der Waals surface area contributed by atoms with E-state index < -0.39 is 0 Å². The first kappa shape index (κ1) is 12.8. The molecule has 19 heavy (non-hydrogen) atoms. The van der Waals surface area contributed by atoms with Crippen molar-refractivity contribution in [2.75, 3.05) is 0 Å². The summed E-state index contributed by atoms with van der Waals surface area (Å²) in [7, 11) is 0. The number of aromatic amines is 1. The van der Waals surface area contributed by atoms with Crippen molar-refractivity contribution in [2.24, 2.45) is 0 Å². The zero-order valence-electron chi connectivity index (χ0n) is 9.96. The maximum Gasteiger partial charge on any atom is 0.304 e. The summed E-state index contributed by atoms with van der Waals surface area (Å²) in [6.07, 6.45) is 0. The molecule has 3 rings (SSSR count). The van der Waals surface area contributed by atoms with Crippen LogP contribution < -0.4 is 10.2 Å². The summed E-state index contributed by atoms with van der Waals surface area (Å²) in [5.74, 6) is 0. The molecule has 3 aromatic rings. The maximum atomic E-state index is 11.1. The minimum atomic E-state index is 0.000553. The van der Waals surface area contributed by atoms with Crippen LogP contribution in [0.3, 0.4) is 0 Å². The SMILES string of the molecule is O=c1[nH]c(CNC(c2cccs2)c2cccs2)cs1. The van der Waals surface area contributed by atoms with Gasteiger partial charge in [-0.3, -0.25) is 10.1 Å². The third-order valence-electron chi connectivity index (χ3n) is 2.72. The molecule has 0 aliphatic carbocycles. The fourth-order valence-electron chi connectivity index (χ4n) is 1.86. The standard InChI is InChI=1S/C13H12N2OS3/c16-13-15-9(8-19-13)7-14-12(10-3-1-5-17-10)11-4-2-6-18-11/h1-6,8,12,14H,7H2,(H,15,16). The Morgan fingerprint density at radius 3 is 2.26 bits per heavy atom. The van der Waals surface area contributed by atoms with Crippen molar-refractivity contribution < 1.29 is 0 Å². The highest BCUT2D eigenvalue weighted by Gasteiger charge is 2.15. The zero-order chi connectivity index (χ0) is 13.1. The summed E-state index contributed by atoms with van der Waals surface area (Å²) >= 11 is 4.69. The zero-order valence-corrected chi connectivity index (χ0v) is 12.4. The van der Waals surface area contributed by atoms with Gasteiger partial charge in [-0.1, -0.05) is 23.5 Å². The average molecular weight is 308 g/mol. The molecule has 0 saturated carbocycles. The summed E-state index contributed by atoms with van der Waals surface area (Å²) in [5, 5.41) is 9.56. The van der Waals surface area contributed by atoms with E-state index in [1.165, 1.54) is 21.1 Å². The molecular weight excluding hydrogens is 296 g/mol. The number of thiophene rings is 2. The van der Waals surface area contributed by atoms with E-state index in [1.54, 1.807) is 22.7 Å². The molecule has 0 aliphatic rings. The first-order chi connectivity index (χ1) is 9.33. The second-order valence-corrected chi connectivity index (χ2v) is 6.82. The second-order valence-electron chi connectivity index (χ2n) is 4.02. The molecule has 0 aliphatic heterocycles. The number of hydrogen-bond acceptors (Lipinski definition) is 5. The van der Waals surface area contributed by atoms with Crippen LogP contribution in [0.15, 0.2) is 45.2 Å². The molecule has 3 heterocycles. The van der Waals surface area contributed by atoms with Gasteiger partial charge in [-0.25, -0.2) is 0 Å². The van der Waals surface area contributed by atoms with Gasteiger partial charge in [0.25, 0.3) is 0 Å². The van der Waals surface area contributed by atoms with Gasteiger partial charge in [0.15, 0.2) is 0 Å². The summed E-state index contributed by atoms with van der Waals surface area (Å²) in [6, 6.07) is 8.60. The van der Waals surface area contributed by atoms with Gasteiger partial charge in [0, 0.05) is 27.4 Å². The smallest absolute Gasteiger partial charge is 0.304 e. The molecule has 0 fully saturated rings. The molecule has 98 valence electrons. The molecule has 3 nitrogen and oxygen atoms in total. The summed E-state index contributed by atoms with van der Waals surface area (Å²) in [4.78, 5) is 16.5. The average Bonchev–Trinajstić information content (AvgIpc) is 3.11. The van der Waals surface area contributed by atoms with Gasteiger partial charge < -0.3 is 4.98 Å². The molecule has 3 aromatic heterocycles. The Kier molecular flexibility index (Phi) is 3.93. The van der Waals surface area contributed by atoms with Gasteiger partial charge >= 0.3 is 4.87 Å². The topological polar surface area (TPSA) is 44.9 Å². The van der Waals surface area contributed by atoms with Crippen LogP contribution >= 0.6 is 34.0 Å². The Hall–Kier alpha value is -1.21. The van der Waals surface area contributed by atoms with Crippen LogP contribution in [0.4, 0.5) is 0 Å². The van der Waals surface area contributed by atoms with Crippen molar-refractivity contribution in [3.05, 3.63) is 65.5 Å². The van der Waals surface area contributed by atoms with E-state index in [0.717, 1.165) is 5.69 Å². The van der Waals surface area contributed by atoms with Crippen molar-refractivity contribution in [3.63, 3.8) is 0 Å². The van der Waals surface area contributed by atoms with E-state index in [2.05, 4.69) is 45.3 Å². The third kappa shape index (κ3) is 3.03. The van der Waals surface area contributed by atoms with Crippen molar-refractivity contribution in [1.29, 1.82) is 0 Å². The van der Waals surface area contributed by atoms with Crippen molar-refractivity contribution in [1.82, 2.24) is 10.3 Å². The lowest BCUT2D eigenvalue weighted by molar-refractivity contribution is 0.613. The van der Waals surface area contributed by atoms with Gasteiger partial charge in [-0.2, -0.15) is 0 Å². The summed E-state index contributed by atoms with van der Waals surface area (Å²) in [5.41, 5.74) is 0.938. The van der Waals surface area contributed by atoms with E-state index in [0.29, 0.717) is 6.54 Å². The Morgan fingerprint density at radius 1 is 1.11 bits per heavy atom. The molecule has 0 aromatic carbocycles. The number of aromatic nitrogens is 1. The number of hydrogen-bond donors (Lipinski definition) is 2. The molecule has 0 unspecified atom stereocenters. The quantitative estimate of drug-likeness (QED) is 0.758. The lowest BCUT2D eigenvalue weighted by Crippen LogP contribution is -2.20. The van der Waals surface area contributed by atoms with Gasteiger partial charge in [-0.05, 0) is 22.9 Å². The number of H-pyrrole nitrogens is 1. The Labute approximate surface area is 122 Å². The van der Waals surface area contributed by atoms with Crippen LogP contribution in [-0.2, 0) is 6.54 Å². The molecule has 0 atom stereocenters. The number of rotatable bonds is 5. The minimum Gasteiger partial charge on any atom is -0.315 e. The van der Waals surface area contributed by atoms with E-state index in [1.807, 2.05) is 5.38 Å². The summed E-state index contributed by atoms with van der Waals surface area (Å²) in [6.45, 7) is 0.666. The largest absolute Gasteiger partial charge is 0.315 e. The van der Waals surface area contributed by atoms with Gasteiger partial charge in [0.05, 0.1) is 6.04 Å². The Morgan fingerprint density at radius 2 is 1.79 bits per heavy atom. The van der Waals surface area contributed by atoms with Crippen LogP contribution in [0.2, 0.25) is 0 Å². The molecule has 0 spiro atoms. The van der Waals surface area contributed by atoms with Crippen LogP contribution in [0.1, 0.15) is 21.5 Å². The Bertz CT molecular complexity index is 633. The maximum absolute atomic E-state index is 11.1. The molecule has 2 N–H and O–H groups in total. The van der Waals surface area contributed by atoms with Crippen LogP contribution in [0.5, 0.6) is 0 Å². The van der Waals surface area contributed by atoms with E-state index in [4.69, 9.17) is 0 Å². The van der Waals surface area contributed by atoms with Crippen molar-refractivity contribution in [2.45, 2.75) is 12.6 Å². The highest BCUT2D eigenvalue weighted by Crippen LogP contribution is 2.29. The van der Waals surface area contributed by atoms with Crippen LogP contribution in [0, 0.1) is 0 Å². The molecular formula is C13H12N2OS3. The molecule has 0 saturated heterocycles. The third-order valence-corrected chi connectivity index (χ3v) is 5.32. The van der Waals surface area contributed by atoms with E-state index in [-0.39, 0.29) is 10.9 Å². The molecule has 0 radical (unpaired) electrons. The van der Waals surface area contributed by atoms with Crippen LogP contribution in [0.25, 0.3) is 0 Å². The predicted octanol–water partition coefficient (Wildman–Crippen LogP) is 3.44. The number of nitrogens with one attached hydrogen (secondary N) is 2. The molecule has 0 bridgehead atoms. The van der Waals surface area contributed by atoms with Gasteiger partial charge in [-0.15, -0.1) is 22.7 Å². The first-order valence-corrected chi connectivity index (χ1v) is 8.44. The predicted molar refractivity (Wildman–Crippen MR) is 82.3 cm³/mol. The first-order valence-electron chi connectivity index (χ1n) is 5.80. The lowest BCUT2D eigenvalue weighted by atomic mass is 10.2. The highest BCUT2D eigenvalue weighted by molar-refractivity contribution is 7.11. The highest BCUT2D eigenvalue weighted by atomic mass is 32.1. The monoisotopic (exact) mass is 308 g/mol. The lowest BCUT2D eigenvalue weighted by Gasteiger charge is -2.15. The van der Waals surface area contributed by atoms with Crippen molar-refractivity contribution in [3.8, 4) is 0 Å². The van der Waals surface area contributed by atoms with Gasteiger partial charge in [0.2, 0.25) is 0 Å². The normalized spacial score (nSPS) is 11.2. The van der Waals surface area contributed by atoms with Crippen LogP contribution in [-0.4, -0.2) is 4.98 Å². The number of thiazole rings is 1. The van der Waals surface area contributed by atoms with Crippen molar-refractivity contribution >= 4 is 34.0 Å². The van der Waals surface area contributed by atoms with E-state index in [9.17, 15) is 4.79 Å². The minimum absolute atomic E-state index is 0.000553.